The molecule has 1 aromatic carbocycles. The van der Waals surface area contributed by atoms with E-state index in [1.807, 2.05) is 13.8 Å². The van der Waals surface area contributed by atoms with Gasteiger partial charge in [0.05, 0.1) is 16.5 Å². The van der Waals surface area contributed by atoms with E-state index in [9.17, 15) is 19.8 Å². The Labute approximate surface area is 215 Å². The molecule has 2 aliphatic carbocycles. The highest BCUT2D eigenvalue weighted by molar-refractivity contribution is 6.45. The Hall–Kier alpha value is -1.27. The summed E-state index contributed by atoms with van der Waals surface area (Å²) in [4.78, 5) is 26.5. The SMILES string of the molecule is C=C1CCC(Cl)C(C)(C)C1C[C@@]12OC(C)(C)[C@H](Cl)C[C@]1(Cl)C(=O)c1c(cc(O)c(C)c1O)C2=O. The number of Topliss-reactive ketones (excluding diaryl/α,β-unsaturated/α-hetero) is 2. The molecule has 1 aliphatic heterocycles. The zero-order valence-electron chi connectivity index (χ0n) is 20.1. The number of phenols is 2. The fraction of sp³-hybridized carbons (Fsp3) is 0.615. The summed E-state index contributed by atoms with van der Waals surface area (Å²) in [5, 5.41) is 20.3. The highest BCUT2D eigenvalue weighted by Gasteiger charge is 2.71. The molecule has 0 aromatic heterocycles. The van der Waals surface area contributed by atoms with Gasteiger partial charge in [-0.05, 0) is 63.9 Å². The Morgan fingerprint density at radius 1 is 1.12 bits per heavy atom. The van der Waals surface area contributed by atoms with E-state index in [1.54, 1.807) is 13.8 Å². The molecule has 5 atom stereocenters. The minimum Gasteiger partial charge on any atom is -0.508 e. The number of fused-ring (bicyclic) bond motifs is 2. The fourth-order valence-corrected chi connectivity index (χ4v) is 6.99. The number of phenolic OH excluding ortho intramolecular Hbond substituents is 2. The highest BCUT2D eigenvalue weighted by atomic mass is 35.5. The maximum absolute atomic E-state index is 14.3. The number of hydrogen-bond acceptors (Lipinski definition) is 5. The van der Waals surface area contributed by atoms with E-state index in [-0.39, 0.29) is 46.6 Å². The van der Waals surface area contributed by atoms with Crippen molar-refractivity contribution in [2.75, 3.05) is 0 Å². The molecule has 0 bridgehead atoms. The number of ketones is 2. The Bertz CT molecular complexity index is 1110. The van der Waals surface area contributed by atoms with Crippen LogP contribution in [0.5, 0.6) is 11.5 Å². The van der Waals surface area contributed by atoms with Crippen LogP contribution in [0.2, 0.25) is 0 Å². The predicted molar refractivity (Wildman–Crippen MR) is 134 cm³/mol. The van der Waals surface area contributed by atoms with Crippen molar-refractivity contribution in [3.05, 3.63) is 34.9 Å². The Morgan fingerprint density at radius 3 is 2.35 bits per heavy atom. The van der Waals surface area contributed by atoms with E-state index in [2.05, 4.69) is 6.58 Å². The molecule has 1 saturated heterocycles. The standard InChI is InChI=1S/C26H31Cl3O5/c1-12-7-8-17(27)23(3,4)15(12)10-26-21(32)14-9-16(30)13(2)20(31)19(14)22(33)25(26,29)11-18(28)24(5,6)34-26/h9,15,17-18,30-31H,1,7-8,10-11H2,2-6H3/t15?,17?,18-,25+,26+/m1/s1. The van der Waals surface area contributed by atoms with Crippen molar-refractivity contribution in [2.45, 2.75) is 87.1 Å². The lowest BCUT2D eigenvalue weighted by atomic mass is 9.56. The van der Waals surface area contributed by atoms with Crippen molar-refractivity contribution >= 4 is 46.4 Å². The molecule has 0 spiro atoms. The number of alkyl halides is 3. The smallest absolute Gasteiger partial charge is 0.198 e. The molecule has 1 saturated carbocycles. The molecule has 186 valence electrons. The average molecular weight is 530 g/mol. The lowest BCUT2D eigenvalue weighted by molar-refractivity contribution is -0.169. The molecule has 34 heavy (non-hydrogen) atoms. The molecule has 3 aliphatic rings. The second kappa shape index (κ2) is 7.86. The van der Waals surface area contributed by atoms with Crippen LogP contribution >= 0.6 is 34.8 Å². The molecular weight excluding hydrogens is 499 g/mol. The number of aromatic hydroxyl groups is 2. The van der Waals surface area contributed by atoms with E-state index >= 15 is 0 Å². The number of benzene rings is 1. The quantitative estimate of drug-likeness (QED) is 0.347. The molecule has 2 fully saturated rings. The van der Waals surface area contributed by atoms with Gasteiger partial charge in [0.2, 0.25) is 0 Å². The first-order valence-corrected chi connectivity index (χ1v) is 12.8. The first-order chi connectivity index (χ1) is 15.5. The third kappa shape index (κ3) is 3.30. The summed E-state index contributed by atoms with van der Waals surface area (Å²) in [6, 6.07) is 1.22. The van der Waals surface area contributed by atoms with Gasteiger partial charge in [-0.1, -0.05) is 26.0 Å². The van der Waals surface area contributed by atoms with Gasteiger partial charge < -0.3 is 14.9 Å². The van der Waals surface area contributed by atoms with Crippen LogP contribution in [0.3, 0.4) is 0 Å². The number of ether oxygens (including phenoxy) is 1. The molecule has 2 N–H and O–H groups in total. The summed E-state index contributed by atoms with van der Waals surface area (Å²) >= 11 is 20.5. The van der Waals surface area contributed by atoms with Crippen LogP contribution in [0.25, 0.3) is 0 Å². The second-order valence-corrected chi connectivity index (χ2v) is 12.9. The normalized spacial score (nSPS) is 36.7. The minimum absolute atomic E-state index is 0.0313. The van der Waals surface area contributed by atoms with Crippen molar-refractivity contribution < 1.29 is 24.5 Å². The number of carbonyl (C=O) groups excluding carboxylic acids is 2. The van der Waals surface area contributed by atoms with Gasteiger partial charge in [-0.15, -0.1) is 34.8 Å². The summed E-state index contributed by atoms with van der Waals surface area (Å²) < 4.78 is 6.53. The van der Waals surface area contributed by atoms with E-state index < -0.39 is 44.2 Å². The summed E-state index contributed by atoms with van der Waals surface area (Å²) in [5.41, 5.74) is -2.51. The second-order valence-electron chi connectivity index (χ2n) is 11.2. The lowest BCUT2D eigenvalue weighted by Gasteiger charge is -2.59. The van der Waals surface area contributed by atoms with Gasteiger partial charge in [0, 0.05) is 16.5 Å². The number of hydrogen-bond donors (Lipinski definition) is 2. The minimum atomic E-state index is -1.85. The van der Waals surface area contributed by atoms with Crippen LogP contribution in [0, 0.1) is 18.3 Å². The van der Waals surface area contributed by atoms with Gasteiger partial charge in [-0.25, -0.2) is 0 Å². The summed E-state index contributed by atoms with van der Waals surface area (Å²) in [7, 11) is 0. The highest BCUT2D eigenvalue weighted by Crippen LogP contribution is 2.60. The lowest BCUT2D eigenvalue weighted by Crippen LogP contribution is -2.73. The fourth-order valence-electron chi connectivity index (χ4n) is 5.93. The molecule has 1 aromatic rings. The monoisotopic (exact) mass is 528 g/mol. The molecule has 5 nitrogen and oxygen atoms in total. The number of rotatable bonds is 2. The van der Waals surface area contributed by atoms with E-state index in [4.69, 9.17) is 39.5 Å². The van der Waals surface area contributed by atoms with Gasteiger partial charge in [0.1, 0.15) is 16.4 Å². The van der Waals surface area contributed by atoms with Crippen LogP contribution in [-0.4, -0.2) is 48.6 Å². The van der Waals surface area contributed by atoms with E-state index in [0.717, 1.165) is 12.0 Å². The molecule has 8 heteroatoms. The molecule has 0 radical (unpaired) electrons. The molecular formula is C26H31Cl3O5. The maximum Gasteiger partial charge on any atom is 0.198 e. The molecule has 2 unspecified atom stereocenters. The molecule has 4 rings (SSSR count). The van der Waals surface area contributed by atoms with Crippen molar-refractivity contribution in [3.63, 3.8) is 0 Å². The van der Waals surface area contributed by atoms with Crippen LogP contribution in [0.1, 0.15) is 79.7 Å². The first kappa shape index (κ1) is 25.8. The van der Waals surface area contributed by atoms with Gasteiger partial charge >= 0.3 is 0 Å². The Kier molecular flexibility index (Phi) is 5.97. The van der Waals surface area contributed by atoms with Crippen molar-refractivity contribution in [1.29, 1.82) is 0 Å². The van der Waals surface area contributed by atoms with Crippen molar-refractivity contribution in [2.24, 2.45) is 11.3 Å². The summed E-state index contributed by atoms with van der Waals surface area (Å²) in [5.74, 6) is -2.20. The Balaban J connectivity index is 1.99. The summed E-state index contributed by atoms with van der Waals surface area (Å²) in [6.45, 7) is 13.3. The van der Waals surface area contributed by atoms with E-state index in [1.165, 1.54) is 13.0 Å². The summed E-state index contributed by atoms with van der Waals surface area (Å²) in [6.07, 6.45) is 1.50. The number of carbonyl (C=O) groups is 2. The first-order valence-electron chi connectivity index (χ1n) is 11.5. The van der Waals surface area contributed by atoms with Crippen molar-refractivity contribution in [3.8, 4) is 11.5 Å². The molecule has 0 amide bonds. The third-order valence-electron chi connectivity index (χ3n) is 8.43. The number of allylic oxidation sites excluding steroid dienone is 1. The number of halogens is 3. The third-order valence-corrected chi connectivity index (χ3v) is 10.5. The zero-order valence-corrected chi connectivity index (χ0v) is 22.4. The Morgan fingerprint density at radius 2 is 1.74 bits per heavy atom. The van der Waals surface area contributed by atoms with Crippen LogP contribution < -0.4 is 0 Å². The van der Waals surface area contributed by atoms with Crippen molar-refractivity contribution in [1.82, 2.24) is 0 Å². The molecule has 1 heterocycles. The van der Waals surface area contributed by atoms with Gasteiger partial charge in [-0.3, -0.25) is 9.59 Å². The van der Waals surface area contributed by atoms with Crippen LogP contribution in [-0.2, 0) is 4.74 Å². The maximum atomic E-state index is 14.3. The van der Waals surface area contributed by atoms with Gasteiger partial charge in [0.25, 0.3) is 0 Å². The van der Waals surface area contributed by atoms with Gasteiger partial charge in [-0.2, -0.15) is 0 Å². The average Bonchev–Trinajstić information content (AvgIpc) is 2.74. The predicted octanol–water partition coefficient (Wildman–Crippen LogP) is 6.30. The van der Waals surface area contributed by atoms with Crippen LogP contribution in [0.15, 0.2) is 18.2 Å². The van der Waals surface area contributed by atoms with Gasteiger partial charge in [0.15, 0.2) is 17.2 Å². The van der Waals surface area contributed by atoms with E-state index in [0.29, 0.717) is 6.42 Å². The topological polar surface area (TPSA) is 83.8 Å². The van der Waals surface area contributed by atoms with Crippen LogP contribution in [0.4, 0.5) is 0 Å². The largest absolute Gasteiger partial charge is 0.508 e. The zero-order chi connectivity index (χ0) is 25.6.